The van der Waals surface area contributed by atoms with Gasteiger partial charge < -0.3 is 5.32 Å². The highest BCUT2D eigenvalue weighted by atomic mass is 16.1. The molecular weight excluding hydrogens is 282 g/mol. The van der Waals surface area contributed by atoms with Gasteiger partial charge in [-0.25, -0.2) is 0 Å². The first-order valence-electron chi connectivity index (χ1n) is 7.89. The minimum absolute atomic E-state index is 0.0642. The molecule has 3 aromatic carbocycles. The van der Waals surface area contributed by atoms with Gasteiger partial charge in [0, 0.05) is 16.8 Å². The van der Waals surface area contributed by atoms with Gasteiger partial charge in [0.1, 0.15) is 0 Å². The van der Waals surface area contributed by atoms with E-state index < -0.39 is 0 Å². The van der Waals surface area contributed by atoms with E-state index in [1.165, 1.54) is 11.1 Å². The Morgan fingerprint density at radius 3 is 2.30 bits per heavy atom. The van der Waals surface area contributed by atoms with Crippen LogP contribution in [0.2, 0.25) is 0 Å². The number of carbonyl (C=O) groups is 1. The summed E-state index contributed by atoms with van der Waals surface area (Å²) in [5.41, 5.74) is 6.00. The van der Waals surface area contributed by atoms with E-state index in [0.29, 0.717) is 0 Å². The van der Waals surface area contributed by atoms with Gasteiger partial charge in [-0.15, -0.1) is 0 Å². The second kappa shape index (κ2) is 5.73. The summed E-state index contributed by atoms with van der Waals surface area (Å²) in [7, 11) is 0. The summed E-state index contributed by atoms with van der Waals surface area (Å²) < 4.78 is 0. The first-order chi connectivity index (χ1) is 11.3. The zero-order valence-electron chi connectivity index (χ0n) is 12.8. The van der Waals surface area contributed by atoms with E-state index in [1.54, 1.807) is 0 Å². The molecule has 0 saturated heterocycles. The van der Waals surface area contributed by atoms with Crippen LogP contribution in [0.15, 0.2) is 72.8 Å². The molecule has 1 aliphatic rings. The standard InChI is InChI=1S/C21H17NO/c23-21(17-8-2-1-3-9-17)18-11-6-10-16-14-13-15-7-4-5-12-19(15)22-20(16)18/h1-12,22H,13-14H2. The number of fused-ring (bicyclic) bond motifs is 2. The van der Waals surface area contributed by atoms with Crippen LogP contribution in [0.1, 0.15) is 27.0 Å². The van der Waals surface area contributed by atoms with Crippen LogP contribution in [0.25, 0.3) is 0 Å². The Morgan fingerprint density at radius 1 is 0.739 bits per heavy atom. The van der Waals surface area contributed by atoms with Crippen molar-refractivity contribution in [3.8, 4) is 0 Å². The van der Waals surface area contributed by atoms with E-state index in [9.17, 15) is 4.79 Å². The summed E-state index contributed by atoms with van der Waals surface area (Å²) in [6.45, 7) is 0. The van der Waals surface area contributed by atoms with E-state index in [1.807, 2.05) is 48.5 Å². The van der Waals surface area contributed by atoms with Crippen LogP contribution in [0.3, 0.4) is 0 Å². The molecular formula is C21H17NO. The molecule has 0 saturated carbocycles. The van der Waals surface area contributed by atoms with Crippen molar-refractivity contribution >= 4 is 17.2 Å². The first kappa shape index (κ1) is 13.8. The van der Waals surface area contributed by atoms with Crippen molar-refractivity contribution in [1.82, 2.24) is 0 Å². The van der Waals surface area contributed by atoms with Crippen molar-refractivity contribution < 1.29 is 4.79 Å². The molecule has 0 radical (unpaired) electrons. The molecule has 3 aromatic rings. The van der Waals surface area contributed by atoms with Crippen LogP contribution >= 0.6 is 0 Å². The zero-order chi connectivity index (χ0) is 15.6. The van der Waals surface area contributed by atoms with Gasteiger partial charge in [-0.05, 0) is 36.1 Å². The highest BCUT2D eigenvalue weighted by Crippen LogP contribution is 2.33. The summed E-state index contributed by atoms with van der Waals surface area (Å²) in [6, 6.07) is 23.8. The predicted molar refractivity (Wildman–Crippen MR) is 93.4 cm³/mol. The largest absolute Gasteiger partial charge is 0.354 e. The Hall–Kier alpha value is -2.87. The molecule has 112 valence electrons. The molecule has 0 bridgehead atoms. The number of hydrogen-bond donors (Lipinski definition) is 1. The number of nitrogens with one attached hydrogen (secondary N) is 1. The topological polar surface area (TPSA) is 29.1 Å². The normalized spacial score (nSPS) is 12.5. The lowest BCUT2D eigenvalue weighted by Crippen LogP contribution is -2.07. The fourth-order valence-corrected chi connectivity index (χ4v) is 3.15. The van der Waals surface area contributed by atoms with Gasteiger partial charge in [0.05, 0.1) is 5.69 Å². The fraction of sp³-hybridized carbons (Fsp3) is 0.0952. The van der Waals surface area contributed by atoms with Crippen molar-refractivity contribution in [2.75, 3.05) is 5.32 Å². The van der Waals surface area contributed by atoms with Crippen LogP contribution < -0.4 is 5.32 Å². The van der Waals surface area contributed by atoms with Crippen LogP contribution in [-0.4, -0.2) is 5.78 Å². The highest BCUT2D eigenvalue weighted by Gasteiger charge is 2.19. The molecule has 2 heteroatoms. The smallest absolute Gasteiger partial charge is 0.195 e. The fourth-order valence-electron chi connectivity index (χ4n) is 3.15. The monoisotopic (exact) mass is 299 g/mol. The van der Waals surface area contributed by atoms with Crippen molar-refractivity contribution in [2.24, 2.45) is 0 Å². The number of hydrogen-bond acceptors (Lipinski definition) is 2. The van der Waals surface area contributed by atoms with Crippen molar-refractivity contribution in [2.45, 2.75) is 12.8 Å². The minimum Gasteiger partial charge on any atom is -0.354 e. The van der Waals surface area contributed by atoms with E-state index >= 15 is 0 Å². The quantitative estimate of drug-likeness (QED) is 0.691. The Kier molecular flexibility index (Phi) is 3.43. The van der Waals surface area contributed by atoms with E-state index in [-0.39, 0.29) is 5.78 Å². The van der Waals surface area contributed by atoms with Crippen molar-refractivity contribution in [3.63, 3.8) is 0 Å². The molecule has 1 heterocycles. The number of aryl methyl sites for hydroxylation is 2. The van der Waals surface area contributed by atoms with Crippen LogP contribution in [0.5, 0.6) is 0 Å². The first-order valence-corrected chi connectivity index (χ1v) is 7.89. The number of benzene rings is 3. The molecule has 0 fully saturated rings. The van der Waals surface area contributed by atoms with Gasteiger partial charge in [0.25, 0.3) is 0 Å². The molecule has 0 atom stereocenters. The molecule has 0 aromatic heterocycles. The van der Waals surface area contributed by atoms with E-state index in [0.717, 1.165) is 35.3 Å². The average Bonchev–Trinajstić information content (AvgIpc) is 2.81. The van der Waals surface area contributed by atoms with E-state index in [4.69, 9.17) is 0 Å². The summed E-state index contributed by atoms with van der Waals surface area (Å²) in [6.07, 6.45) is 1.93. The van der Waals surface area contributed by atoms with E-state index in [2.05, 4.69) is 29.6 Å². The van der Waals surface area contributed by atoms with Gasteiger partial charge in [-0.2, -0.15) is 0 Å². The number of rotatable bonds is 2. The third-order valence-electron chi connectivity index (χ3n) is 4.37. The molecule has 0 amide bonds. The summed E-state index contributed by atoms with van der Waals surface area (Å²) >= 11 is 0. The van der Waals surface area contributed by atoms with Gasteiger partial charge in [-0.1, -0.05) is 60.7 Å². The van der Waals surface area contributed by atoms with Gasteiger partial charge in [0.15, 0.2) is 5.78 Å². The summed E-state index contributed by atoms with van der Waals surface area (Å²) in [4.78, 5) is 12.9. The SMILES string of the molecule is O=C(c1ccccc1)c1cccc2c1Nc1ccccc1CC2. The summed E-state index contributed by atoms with van der Waals surface area (Å²) in [5, 5.41) is 3.50. The van der Waals surface area contributed by atoms with Crippen LogP contribution in [-0.2, 0) is 12.8 Å². The van der Waals surface area contributed by atoms with Gasteiger partial charge in [-0.3, -0.25) is 4.79 Å². The Morgan fingerprint density at radius 2 is 1.43 bits per heavy atom. The van der Waals surface area contributed by atoms with Crippen LogP contribution in [0.4, 0.5) is 11.4 Å². The maximum Gasteiger partial charge on any atom is 0.195 e. The number of carbonyl (C=O) groups excluding carboxylic acids is 1. The Bertz CT molecular complexity index is 868. The zero-order valence-corrected chi connectivity index (χ0v) is 12.8. The molecule has 1 N–H and O–H groups in total. The van der Waals surface area contributed by atoms with Crippen molar-refractivity contribution in [1.29, 1.82) is 0 Å². The molecule has 0 aliphatic carbocycles. The highest BCUT2D eigenvalue weighted by molar-refractivity contribution is 6.13. The Balaban J connectivity index is 1.82. The number of ketones is 1. The van der Waals surface area contributed by atoms with Gasteiger partial charge in [0.2, 0.25) is 0 Å². The van der Waals surface area contributed by atoms with Crippen LogP contribution in [0, 0.1) is 0 Å². The lowest BCUT2D eigenvalue weighted by molar-refractivity contribution is 0.103. The number of para-hydroxylation sites is 2. The second-order valence-corrected chi connectivity index (χ2v) is 5.82. The number of anilines is 2. The third-order valence-corrected chi connectivity index (χ3v) is 4.37. The van der Waals surface area contributed by atoms with Gasteiger partial charge >= 0.3 is 0 Å². The molecule has 0 spiro atoms. The summed E-state index contributed by atoms with van der Waals surface area (Å²) in [5.74, 6) is 0.0642. The lowest BCUT2D eigenvalue weighted by atomic mass is 9.97. The average molecular weight is 299 g/mol. The third kappa shape index (κ3) is 2.53. The maximum atomic E-state index is 12.9. The maximum absolute atomic E-state index is 12.9. The lowest BCUT2D eigenvalue weighted by Gasteiger charge is -2.14. The Labute approximate surface area is 135 Å². The minimum atomic E-state index is 0.0642. The molecule has 2 nitrogen and oxygen atoms in total. The predicted octanol–water partition coefficient (Wildman–Crippen LogP) is 4.76. The second-order valence-electron chi connectivity index (χ2n) is 5.82. The molecule has 4 rings (SSSR count). The van der Waals surface area contributed by atoms with Crippen molar-refractivity contribution in [3.05, 3.63) is 95.1 Å². The molecule has 0 unspecified atom stereocenters. The molecule has 1 aliphatic heterocycles. The molecule has 23 heavy (non-hydrogen) atoms.